The summed E-state index contributed by atoms with van der Waals surface area (Å²) in [5.41, 5.74) is 5.09. The van der Waals surface area contributed by atoms with E-state index in [1.165, 1.54) is 0 Å². The van der Waals surface area contributed by atoms with Gasteiger partial charge in [-0.1, -0.05) is 72.8 Å². The molecule has 2 fully saturated rings. The molecule has 0 radical (unpaired) electrons. The normalized spacial score (nSPS) is 28.4. The lowest BCUT2D eigenvalue weighted by Gasteiger charge is -2.39. The highest BCUT2D eigenvalue weighted by Crippen LogP contribution is 2.36. The van der Waals surface area contributed by atoms with E-state index in [4.69, 9.17) is 18.9 Å². The first kappa shape index (κ1) is 39.2. The van der Waals surface area contributed by atoms with Crippen LogP contribution in [-0.4, -0.2) is 127 Å². The summed E-state index contributed by atoms with van der Waals surface area (Å²) in [4.78, 5) is 11.5. The lowest BCUT2D eigenvalue weighted by atomic mass is 9.95. The molecule has 10 atom stereocenters. The van der Waals surface area contributed by atoms with Gasteiger partial charge in [-0.2, -0.15) is 0 Å². The van der Waals surface area contributed by atoms with Gasteiger partial charge in [0.2, 0.25) is 12.6 Å². The van der Waals surface area contributed by atoms with Gasteiger partial charge in [0.1, 0.15) is 60.3 Å². The summed E-state index contributed by atoms with van der Waals surface area (Å²) in [5.74, 6) is -0.388. The summed E-state index contributed by atoms with van der Waals surface area (Å²) >= 11 is 0. The highest BCUT2D eigenvalue weighted by atomic mass is 16.7. The molecule has 9 N–H and O–H groups in total. The monoisotopic (exact) mass is 748 g/mol. The van der Waals surface area contributed by atoms with Crippen LogP contribution in [-0.2, 0) is 33.5 Å². The molecule has 0 aliphatic carbocycles. The van der Waals surface area contributed by atoms with Gasteiger partial charge in [0, 0.05) is 11.1 Å². The molecule has 0 aromatic heterocycles. The van der Waals surface area contributed by atoms with E-state index in [-0.39, 0.29) is 12.2 Å². The molecule has 2 aliphatic rings. The Hall–Kier alpha value is -4.45. The highest BCUT2D eigenvalue weighted by Gasteiger charge is 2.46. The zero-order valence-electron chi connectivity index (χ0n) is 29.0. The first-order valence-electron chi connectivity index (χ1n) is 17.5. The minimum Gasteiger partial charge on any atom is -0.481 e. The molecule has 14 heteroatoms. The van der Waals surface area contributed by atoms with Crippen LogP contribution in [0.3, 0.4) is 0 Å². The van der Waals surface area contributed by atoms with Crippen molar-refractivity contribution in [1.29, 1.82) is 0 Å². The number of carbonyl (C=O) groups is 1. The van der Waals surface area contributed by atoms with Crippen LogP contribution in [0.15, 0.2) is 91.0 Å². The molecule has 0 bridgehead atoms. The van der Waals surface area contributed by atoms with Crippen molar-refractivity contribution in [2.24, 2.45) is 0 Å². The maximum atomic E-state index is 11.5. The summed E-state index contributed by atoms with van der Waals surface area (Å²) in [6.45, 7) is -1.20. The van der Waals surface area contributed by atoms with Crippen molar-refractivity contribution in [2.75, 3.05) is 13.2 Å². The molecule has 4 aromatic carbocycles. The van der Waals surface area contributed by atoms with E-state index in [0.717, 1.165) is 16.7 Å². The molecule has 14 nitrogen and oxygen atoms in total. The fourth-order valence-electron chi connectivity index (χ4n) is 6.66. The van der Waals surface area contributed by atoms with Gasteiger partial charge in [0.25, 0.3) is 0 Å². The van der Waals surface area contributed by atoms with Gasteiger partial charge in [0.05, 0.1) is 19.6 Å². The van der Waals surface area contributed by atoms with Crippen molar-refractivity contribution in [2.45, 2.75) is 80.7 Å². The van der Waals surface area contributed by atoms with Gasteiger partial charge < -0.3 is 64.9 Å². The first-order chi connectivity index (χ1) is 26.0. The second-order valence-corrected chi connectivity index (χ2v) is 13.4. The number of aryl methyl sites for hydroxylation is 2. The van der Waals surface area contributed by atoms with Gasteiger partial charge in [-0.05, 0) is 58.9 Å². The third-order valence-electron chi connectivity index (χ3n) is 9.65. The maximum absolute atomic E-state index is 11.5. The largest absolute Gasteiger partial charge is 0.481 e. The molecule has 0 saturated carbocycles. The smallest absolute Gasteiger partial charge is 0.307 e. The first-order valence-corrected chi connectivity index (χ1v) is 17.5. The average Bonchev–Trinajstić information content (AvgIpc) is 3.18. The number of carboxylic acids is 1. The van der Waals surface area contributed by atoms with Crippen molar-refractivity contribution in [3.63, 3.8) is 0 Å². The lowest BCUT2D eigenvalue weighted by molar-refractivity contribution is -0.277. The maximum Gasteiger partial charge on any atom is 0.307 e. The van der Waals surface area contributed by atoms with Gasteiger partial charge >= 0.3 is 5.97 Å². The van der Waals surface area contributed by atoms with Crippen LogP contribution < -0.4 is 9.47 Å². The predicted octanol–water partition coefficient (Wildman–Crippen LogP) is 0.790. The number of benzene rings is 4. The molecular formula is C40H44O14. The molecule has 2 heterocycles. The molecular weight excluding hydrogens is 704 g/mol. The Balaban J connectivity index is 1.24. The summed E-state index contributed by atoms with van der Waals surface area (Å²) in [5, 5.41) is 90.8. The van der Waals surface area contributed by atoms with Crippen molar-refractivity contribution < 1.29 is 69.7 Å². The van der Waals surface area contributed by atoms with Crippen LogP contribution in [0, 0.1) is 0 Å². The second kappa shape index (κ2) is 17.3. The standard InChI is InChI=1S/C40H44O14/c41-19-30-33(45)35(47)37(49)39(53-30)51-28-10-2-1-9-26(28)24-7-3-5-21(15-24)11-12-22-13-14-29(52-40-38(50)36(48)34(46)31(20-42)54-40)27(17-22)25-8-4-6-23(16-25)18-32(43)44/h1-10,13-17,30-31,33-42,45-50H,11-12,18-20H2,(H,43,44)/t30-,31-,33-,34-,35+,36+,37+,38+,39+,40+/m1/s1. The van der Waals surface area contributed by atoms with E-state index in [9.17, 15) is 50.8 Å². The van der Waals surface area contributed by atoms with E-state index in [2.05, 4.69) is 0 Å². The van der Waals surface area contributed by atoms with E-state index in [1.807, 2.05) is 48.5 Å². The molecule has 0 amide bonds. The Bertz CT molecular complexity index is 1880. The van der Waals surface area contributed by atoms with E-state index in [0.29, 0.717) is 40.8 Å². The molecule has 2 saturated heterocycles. The van der Waals surface area contributed by atoms with Crippen molar-refractivity contribution in [3.05, 3.63) is 108 Å². The summed E-state index contributed by atoms with van der Waals surface area (Å²) in [6, 6.07) is 27.2. The summed E-state index contributed by atoms with van der Waals surface area (Å²) in [7, 11) is 0. The number of aliphatic hydroxyl groups is 8. The summed E-state index contributed by atoms with van der Waals surface area (Å²) < 4.78 is 23.2. The van der Waals surface area contributed by atoms with Gasteiger partial charge in [-0.15, -0.1) is 0 Å². The summed E-state index contributed by atoms with van der Waals surface area (Å²) in [6.07, 6.45) is -13.6. The fraction of sp³-hybridized carbons (Fsp3) is 0.375. The van der Waals surface area contributed by atoms with Crippen LogP contribution in [0.4, 0.5) is 0 Å². The number of aliphatic hydroxyl groups excluding tert-OH is 8. The SMILES string of the molecule is O=C(O)Cc1cccc(-c2cc(CCc3cccc(-c4ccccc4O[C@H]4O[C@H](CO)[C@@H](O)[C@H](O)[C@@H]4O)c3)ccc2O[C@H]2O[C@H](CO)[C@@H](O)[C@H](O)[C@@H]2O)c1. The Morgan fingerprint density at radius 3 is 1.61 bits per heavy atom. The fourth-order valence-corrected chi connectivity index (χ4v) is 6.66. The minimum absolute atomic E-state index is 0.205. The van der Waals surface area contributed by atoms with Gasteiger partial charge in [-0.25, -0.2) is 0 Å². The van der Waals surface area contributed by atoms with E-state index >= 15 is 0 Å². The van der Waals surface area contributed by atoms with Gasteiger partial charge in [-0.3, -0.25) is 4.79 Å². The van der Waals surface area contributed by atoms with Crippen LogP contribution in [0.1, 0.15) is 16.7 Å². The van der Waals surface area contributed by atoms with Crippen LogP contribution in [0.2, 0.25) is 0 Å². The number of hydrogen-bond acceptors (Lipinski definition) is 13. The molecule has 2 aliphatic heterocycles. The van der Waals surface area contributed by atoms with Crippen molar-refractivity contribution in [3.8, 4) is 33.8 Å². The zero-order valence-corrected chi connectivity index (χ0v) is 29.0. The van der Waals surface area contributed by atoms with Crippen molar-refractivity contribution >= 4 is 5.97 Å². The molecule has 4 aromatic rings. The molecule has 0 spiro atoms. The topological polar surface area (TPSA) is 236 Å². The van der Waals surface area contributed by atoms with Crippen LogP contribution in [0.5, 0.6) is 11.5 Å². The average molecular weight is 749 g/mol. The Labute approximate surface area is 310 Å². The minimum atomic E-state index is -1.63. The highest BCUT2D eigenvalue weighted by molar-refractivity contribution is 5.75. The zero-order chi connectivity index (χ0) is 38.5. The second-order valence-electron chi connectivity index (χ2n) is 13.4. The predicted molar refractivity (Wildman–Crippen MR) is 191 cm³/mol. The number of carboxylic acid groups (broad SMARTS) is 1. The van der Waals surface area contributed by atoms with Gasteiger partial charge in [0.15, 0.2) is 0 Å². The third kappa shape index (κ3) is 8.74. The third-order valence-corrected chi connectivity index (χ3v) is 9.65. The number of ether oxygens (including phenoxy) is 4. The quantitative estimate of drug-likeness (QED) is 0.0920. The van der Waals surface area contributed by atoms with Crippen LogP contribution in [0.25, 0.3) is 22.3 Å². The van der Waals surface area contributed by atoms with E-state index in [1.54, 1.807) is 42.5 Å². The number of aliphatic carboxylic acids is 1. The Morgan fingerprint density at radius 2 is 1.04 bits per heavy atom. The molecule has 6 rings (SSSR count). The molecule has 0 unspecified atom stereocenters. The van der Waals surface area contributed by atoms with Crippen LogP contribution >= 0.6 is 0 Å². The number of hydrogen-bond donors (Lipinski definition) is 9. The Kier molecular flexibility index (Phi) is 12.6. The number of rotatable bonds is 13. The lowest BCUT2D eigenvalue weighted by Crippen LogP contribution is -2.60. The van der Waals surface area contributed by atoms with E-state index < -0.39 is 80.6 Å². The number of para-hydroxylation sites is 1. The Morgan fingerprint density at radius 1 is 0.537 bits per heavy atom. The molecule has 54 heavy (non-hydrogen) atoms. The molecule has 288 valence electrons. The van der Waals surface area contributed by atoms with Crippen molar-refractivity contribution in [1.82, 2.24) is 0 Å².